The van der Waals surface area contributed by atoms with Crippen LogP contribution in [-0.2, 0) is 4.79 Å². The van der Waals surface area contributed by atoms with E-state index in [-0.39, 0.29) is 11.8 Å². The number of amides is 2. The highest BCUT2D eigenvalue weighted by Crippen LogP contribution is 2.09. The predicted molar refractivity (Wildman–Crippen MR) is 80.8 cm³/mol. The SMILES string of the molecule is CCCNc1ccc(C(=O)NC(C)C(=O)NCC)cc1. The van der Waals surface area contributed by atoms with Crippen LogP contribution in [0.25, 0.3) is 0 Å². The molecule has 20 heavy (non-hydrogen) atoms. The zero-order valence-corrected chi connectivity index (χ0v) is 12.3. The fraction of sp³-hybridized carbons (Fsp3) is 0.467. The molecule has 1 unspecified atom stereocenters. The van der Waals surface area contributed by atoms with E-state index < -0.39 is 6.04 Å². The van der Waals surface area contributed by atoms with Crippen LogP contribution in [0.1, 0.15) is 37.6 Å². The van der Waals surface area contributed by atoms with Crippen LogP contribution < -0.4 is 16.0 Å². The van der Waals surface area contributed by atoms with Crippen LogP contribution >= 0.6 is 0 Å². The van der Waals surface area contributed by atoms with E-state index in [1.165, 1.54) is 0 Å². The Morgan fingerprint density at radius 1 is 1.15 bits per heavy atom. The number of benzene rings is 1. The van der Waals surface area contributed by atoms with E-state index in [4.69, 9.17) is 0 Å². The van der Waals surface area contributed by atoms with Gasteiger partial charge in [0.05, 0.1) is 0 Å². The van der Waals surface area contributed by atoms with Crippen LogP contribution in [0.3, 0.4) is 0 Å². The number of hydrogen-bond donors (Lipinski definition) is 3. The van der Waals surface area contributed by atoms with Crippen molar-refractivity contribution in [2.24, 2.45) is 0 Å². The molecule has 0 radical (unpaired) electrons. The summed E-state index contributed by atoms with van der Waals surface area (Å²) in [6.07, 6.45) is 1.05. The van der Waals surface area contributed by atoms with Gasteiger partial charge in [-0.05, 0) is 44.5 Å². The molecule has 0 spiro atoms. The van der Waals surface area contributed by atoms with Gasteiger partial charge in [0.25, 0.3) is 5.91 Å². The number of carbonyl (C=O) groups is 2. The quantitative estimate of drug-likeness (QED) is 0.711. The van der Waals surface area contributed by atoms with E-state index in [9.17, 15) is 9.59 Å². The highest BCUT2D eigenvalue weighted by Gasteiger charge is 2.15. The second kappa shape index (κ2) is 8.19. The molecule has 0 saturated heterocycles. The number of nitrogens with one attached hydrogen (secondary N) is 3. The second-order valence-electron chi connectivity index (χ2n) is 4.59. The van der Waals surface area contributed by atoms with Gasteiger partial charge in [0, 0.05) is 24.3 Å². The molecule has 5 heteroatoms. The zero-order chi connectivity index (χ0) is 15.0. The Hall–Kier alpha value is -2.04. The maximum absolute atomic E-state index is 12.0. The summed E-state index contributed by atoms with van der Waals surface area (Å²) in [4.78, 5) is 23.5. The van der Waals surface area contributed by atoms with Crippen LogP contribution in [0, 0.1) is 0 Å². The van der Waals surface area contributed by atoms with E-state index in [1.807, 2.05) is 19.1 Å². The average molecular weight is 277 g/mol. The fourth-order valence-electron chi connectivity index (χ4n) is 1.68. The molecule has 0 aliphatic heterocycles. The van der Waals surface area contributed by atoms with Gasteiger partial charge in [-0.2, -0.15) is 0 Å². The summed E-state index contributed by atoms with van der Waals surface area (Å²) in [5.74, 6) is -0.423. The van der Waals surface area contributed by atoms with Gasteiger partial charge in [0.15, 0.2) is 0 Å². The standard InChI is InChI=1S/C15H23N3O2/c1-4-10-17-13-8-6-12(7-9-13)15(20)18-11(3)14(19)16-5-2/h6-9,11,17H,4-5,10H2,1-3H3,(H,16,19)(H,18,20). The van der Waals surface area contributed by atoms with Crippen molar-refractivity contribution in [3.63, 3.8) is 0 Å². The molecule has 1 atom stereocenters. The summed E-state index contributed by atoms with van der Waals surface area (Å²) in [6, 6.07) is 6.68. The Bertz CT molecular complexity index is 443. The smallest absolute Gasteiger partial charge is 0.251 e. The number of likely N-dealkylation sites (N-methyl/N-ethyl adjacent to an activating group) is 1. The van der Waals surface area contributed by atoms with Gasteiger partial charge in [-0.1, -0.05) is 6.92 Å². The average Bonchev–Trinajstić information content (AvgIpc) is 2.45. The predicted octanol–water partition coefficient (Wildman–Crippen LogP) is 1.76. The van der Waals surface area contributed by atoms with E-state index in [0.29, 0.717) is 12.1 Å². The van der Waals surface area contributed by atoms with Gasteiger partial charge in [-0.3, -0.25) is 9.59 Å². The molecule has 0 saturated carbocycles. The van der Waals surface area contributed by atoms with Gasteiger partial charge in [0.2, 0.25) is 5.91 Å². The summed E-state index contributed by atoms with van der Waals surface area (Å²) < 4.78 is 0. The van der Waals surface area contributed by atoms with Crippen molar-refractivity contribution in [2.75, 3.05) is 18.4 Å². The Morgan fingerprint density at radius 2 is 1.80 bits per heavy atom. The van der Waals surface area contributed by atoms with Crippen molar-refractivity contribution in [1.29, 1.82) is 0 Å². The minimum atomic E-state index is -0.541. The largest absolute Gasteiger partial charge is 0.385 e. The molecule has 110 valence electrons. The van der Waals surface area contributed by atoms with E-state index in [0.717, 1.165) is 18.7 Å². The molecule has 2 amide bonds. The molecule has 5 nitrogen and oxygen atoms in total. The van der Waals surface area contributed by atoms with Crippen molar-refractivity contribution in [1.82, 2.24) is 10.6 Å². The van der Waals surface area contributed by atoms with Gasteiger partial charge < -0.3 is 16.0 Å². The lowest BCUT2D eigenvalue weighted by Gasteiger charge is -2.13. The molecule has 0 aliphatic rings. The third-order valence-corrected chi connectivity index (χ3v) is 2.82. The molecule has 1 aromatic carbocycles. The minimum Gasteiger partial charge on any atom is -0.385 e. The highest BCUT2D eigenvalue weighted by molar-refractivity contribution is 5.97. The van der Waals surface area contributed by atoms with Gasteiger partial charge >= 0.3 is 0 Å². The van der Waals surface area contributed by atoms with Crippen molar-refractivity contribution in [2.45, 2.75) is 33.2 Å². The molecule has 1 rings (SSSR count). The summed E-state index contributed by atoms with van der Waals surface area (Å²) in [6.45, 7) is 7.06. The maximum atomic E-state index is 12.0. The topological polar surface area (TPSA) is 70.2 Å². The van der Waals surface area contributed by atoms with E-state index >= 15 is 0 Å². The van der Waals surface area contributed by atoms with Crippen LogP contribution in [0.2, 0.25) is 0 Å². The molecule has 3 N–H and O–H groups in total. The summed E-state index contributed by atoms with van der Waals surface area (Å²) in [7, 11) is 0. The lowest BCUT2D eigenvalue weighted by molar-refractivity contribution is -0.122. The van der Waals surface area contributed by atoms with E-state index in [2.05, 4.69) is 22.9 Å². The van der Waals surface area contributed by atoms with Crippen LogP contribution in [0.4, 0.5) is 5.69 Å². The highest BCUT2D eigenvalue weighted by atomic mass is 16.2. The lowest BCUT2D eigenvalue weighted by atomic mass is 10.1. The van der Waals surface area contributed by atoms with Crippen molar-refractivity contribution >= 4 is 17.5 Å². The number of carbonyl (C=O) groups excluding carboxylic acids is 2. The van der Waals surface area contributed by atoms with Gasteiger partial charge in [0.1, 0.15) is 6.04 Å². The molecule has 0 fully saturated rings. The first-order valence-corrected chi connectivity index (χ1v) is 7.01. The Morgan fingerprint density at radius 3 is 2.35 bits per heavy atom. The summed E-state index contributed by atoms with van der Waals surface area (Å²) >= 11 is 0. The van der Waals surface area contributed by atoms with Crippen molar-refractivity contribution in [3.05, 3.63) is 29.8 Å². The first kappa shape index (κ1) is 16.0. The Labute approximate surface area is 120 Å². The molecular formula is C15H23N3O2. The number of anilines is 1. The first-order chi connectivity index (χ1) is 9.58. The lowest BCUT2D eigenvalue weighted by Crippen LogP contribution is -2.44. The van der Waals surface area contributed by atoms with Crippen LogP contribution in [0.5, 0.6) is 0 Å². The molecule has 1 aromatic rings. The van der Waals surface area contributed by atoms with Gasteiger partial charge in [-0.25, -0.2) is 0 Å². The maximum Gasteiger partial charge on any atom is 0.251 e. The Kier molecular flexibility index (Phi) is 6.56. The molecular weight excluding hydrogens is 254 g/mol. The molecule has 0 heterocycles. The van der Waals surface area contributed by atoms with Crippen LogP contribution in [0.15, 0.2) is 24.3 Å². The monoisotopic (exact) mass is 277 g/mol. The van der Waals surface area contributed by atoms with Crippen LogP contribution in [-0.4, -0.2) is 30.9 Å². The van der Waals surface area contributed by atoms with Gasteiger partial charge in [-0.15, -0.1) is 0 Å². The third-order valence-electron chi connectivity index (χ3n) is 2.82. The van der Waals surface area contributed by atoms with Crippen molar-refractivity contribution < 1.29 is 9.59 Å². The number of hydrogen-bond acceptors (Lipinski definition) is 3. The molecule has 0 bridgehead atoms. The number of rotatable bonds is 7. The fourth-order valence-corrected chi connectivity index (χ4v) is 1.68. The Balaban J connectivity index is 2.57. The third kappa shape index (κ3) is 4.91. The zero-order valence-electron chi connectivity index (χ0n) is 12.3. The second-order valence-corrected chi connectivity index (χ2v) is 4.59. The summed E-state index contributed by atoms with van der Waals surface area (Å²) in [5, 5.41) is 8.58. The summed E-state index contributed by atoms with van der Waals surface area (Å²) in [5.41, 5.74) is 1.53. The first-order valence-electron chi connectivity index (χ1n) is 7.01. The molecule has 0 aromatic heterocycles. The normalized spacial score (nSPS) is 11.6. The van der Waals surface area contributed by atoms with Crippen molar-refractivity contribution in [3.8, 4) is 0 Å². The minimum absolute atomic E-state index is 0.179. The molecule has 0 aliphatic carbocycles. The van der Waals surface area contributed by atoms with E-state index in [1.54, 1.807) is 19.1 Å².